The topological polar surface area (TPSA) is 126 Å². The predicted octanol–water partition coefficient (Wildman–Crippen LogP) is 2.28. The number of carboxylic acids is 1. The van der Waals surface area contributed by atoms with Crippen LogP contribution in [0.1, 0.15) is 31.0 Å². The molecule has 2 aromatic carbocycles. The lowest BCUT2D eigenvalue weighted by molar-refractivity contribution is -0.140. The van der Waals surface area contributed by atoms with Gasteiger partial charge >= 0.3 is 11.9 Å². The summed E-state index contributed by atoms with van der Waals surface area (Å²) >= 11 is 1.18. The van der Waals surface area contributed by atoms with Crippen LogP contribution < -0.4 is 29.1 Å². The lowest BCUT2D eigenvalue weighted by atomic mass is 9.95. The van der Waals surface area contributed by atoms with E-state index < -0.39 is 24.6 Å². The molecular weight excluding hydrogens is 512 g/mol. The maximum atomic E-state index is 13.8. The smallest absolute Gasteiger partial charge is 0.341 e. The minimum Gasteiger partial charge on any atom is -0.496 e. The van der Waals surface area contributed by atoms with Gasteiger partial charge in [0, 0.05) is 5.56 Å². The Morgan fingerprint density at radius 3 is 2.53 bits per heavy atom. The van der Waals surface area contributed by atoms with E-state index in [4.69, 9.17) is 24.1 Å². The maximum Gasteiger partial charge on any atom is 0.341 e. The molecule has 1 atom stereocenters. The molecule has 198 valence electrons. The van der Waals surface area contributed by atoms with Crippen molar-refractivity contribution in [2.75, 3.05) is 27.4 Å². The Labute approximate surface area is 221 Å². The fraction of sp³-hybridized carbons (Fsp3) is 0.259. The Kier molecular flexibility index (Phi) is 7.96. The summed E-state index contributed by atoms with van der Waals surface area (Å²) in [7, 11) is 2.97. The average Bonchev–Trinajstić information content (AvgIpc) is 3.20. The monoisotopic (exact) mass is 538 g/mol. The van der Waals surface area contributed by atoms with Crippen molar-refractivity contribution in [2.24, 2.45) is 4.99 Å². The van der Waals surface area contributed by atoms with Crippen LogP contribution in [0.15, 0.2) is 63.5 Å². The van der Waals surface area contributed by atoms with Gasteiger partial charge in [0.05, 0.1) is 36.6 Å². The Morgan fingerprint density at radius 1 is 1.11 bits per heavy atom. The summed E-state index contributed by atoms with van der Waals surface area (Å²) < 4.78 is 23.3. The number of hydrogen-bond acceptors (Lipinski definition) is 9. The summed E-state index contributed by atoms with van der Waals surface area (Å²) in [6.07, 6.45) is 1.68. The van der Waals surface area contributed by atoms with Crippen molar-refractivity contribution in [3.05, 3.63) is 84.5 Å². The molecule has 38 heavy (non-hydrogen) atoms. The Bertz CT molecular complexity index is 1600. The van der Waals surface area contributed by atoms with Crippen LogP contribution in [0.25, 0.3) is 6.08 Å². The largest absolute Gasteiger partial charge is 0.496 e. The van der Waals surface area contributed by atoms with Gasteiger partial charge in [0.25, 0.3) is 5.56 Å². The molecule has 10 nitrogen and oxygen atoms in total. The van der Waals surface area contributed by atoms with Gasteiger partial charge in [-0.3, -0.25) is 9.36 Å². The van der Waals surface area contributed by atoms with Crippen molar-refractivity contribution >= 4 is 29.4 Å². The van der Waals surface area contributed by atoms with E-state index >= 15 is 0 Å². The normalized spacial score (nSPS) is 14.9. The highest BCUT2D eigenvalue weighted by atomic mass is 32.1. The number of aliphatic carboxylic acids is 1. The first-order valence-electron chi connectivity index (χ1n) is 11.6. The SMILES string of the molecule is CCOC(=O)C1=C(C)N=c2s/c(=C/c3ccc(OCC(=O)O)c(OC)c3)c(=O)n2[C@@H]1c1ccccc1OC. The van der Waals surface area contributed by atoms with Crippen molar-refractivity contribution in [2.45, 2.75) is 19.9 Å². The number of nitrogens with zero attached hydrogens (tertiary/aromatic N) is 2. The zero-order chi connectivity index (χ0) is 27.4. The van der Waals surface area contributed by atoms with Gasteiger partial charge in [-0.1, -0.05) is 35.6 Å². The molecule has 3 aromatic rings. The molecular formula is C27H26N2O8S. The fourth-order valence-corrected chi connectivity index (χ4v) is 5.21. The third-order valence-corrected chi connectivity index (χ3v) is 6.77. The second-order valence-corrected chi connectivity index (χ2v) is 9.15. The summed E-state index contributed by atoms with van der Waals surface area (Å²) in [4.78, 5) is 42.7. The molecule has 0 saturated heterocycles. The van der Waals surface area contributed by atoms with Gasteiger partial charge in [0.1, 0.15) is 11.8 Å². The standard InChI is InChI=1S/C27H26N2O8S/c1-5-36-26(33)23-15(2)28-27-29(24(23)17-8-6-7-9-18(17)34-3)25(32)21(38-27)13-16-10-11-19(20(12-16)35-4)37-14-22(30)31/h6-13,24H,5,14H2,1-4H3,(H,30,31)/b21-13+/t24-/m1/s1. The number of carboxylic acid groups (broad SMARTS) is 1. The molecule has 1 N–H and O–H groups in total. The van der Waals surface area contributed by atoms with Crippen LogP contribution in [0.5, 0.6) is 17.2 Å². The van der Waals surface area contributed by atoms with E-state index in [1.165, 1.54) is 30.1 Å². The predicted molar refractivity (Wildman–Crippen MR) is 140 cm³/mol. The van der Waals surface area contributed by atoms with Crippen molar-refractivity contribution in [1.29, 1.82) is 0 Å². The van der Waals surface area contributed by atoms with Crippen LogP contribution in [0.3, 0.4) is 0 Å². The third kappa shape index (κ3) is 5.18. The highest BCUT2D eigenvalue weighted by Gasteiger charge is 2.34. The van der Waals surface area contributed by atoms with Crippen LogP contribution in [0.2, 0.25) is 0 Å². The van der Waals surface area contributed by atoms with Crippen LogP contribution in [0, 0.1) is 0 Å². The molecule has 0 bridgehead atoms. The molecule has 0 saturated carbocycles. The number of carbonyl (C=O) groups excluding carboxylic acids is 1. The van der Waals surface area contributed by atoms with Gasteiger partial charge in [0.15, 0.2) is 22.9 Å². The lowest BCUT2D eigenvalue weighted by Crippen LogP contribution is -2.40. The average molecular weight is 539 g/mol. The molecule has 1 aromatic heterocycles. The Morgan fingerprint density at radius 2 is 1.84 bits per heavy atom. The first-order chi connectivity index (χ1) is 18.3. The van der Waals surface area contributed by atoms with Crippen LogP contribution >= 0.6 is 11.3 Å². The summed E-state index contributed by atoms with van der Waals surface area (Å²) in [5, 5.41) is 8.88. The van der Waals surface area contributed by atoms with Gasteiger partial charge in [-0.05, 0) is 43.7 Å². The summed E-state index contributed by atoms with van der Waals surface area (Å²) in [6.45, 7) is 3.09. The molecule has 4 rings (SSSR count). The second kappa shape index (κ2) is 11.3. The van der Waals surface area contributed by atoms with Gasteiger partial charge in [-0.25, -0.2) is 14.6 Å². The van der Waals surface area contributed by atoms with E-state index in [2.05, 4.69) is 4.99 Å². The number of aromatic nitrogens is 1. The number of ether oxygens (including phenoxy) is 4. The highest BCUT2D eigenvalue weighted by molar-refractivity contribution is 7.07. The molecule has 0 fully saturated rings. The Balaban J connectivity index is 1.88. The van der Waals surface area contributed by atoms with Crippen molar-refractivity contribution in [3.63, 3.8) is 0 Å². The number of hydrogen-bond donors (Lipinski definition) is 1. The minimum absolute atomic E-state index is 0.173. The van der Waals surface area contributed by atoms with E-state index in [1.807, 2.05) is 12.1 Å². The van der Waals surface area contributed by atoms with Gasteiger partial charge in [-0.2, -0.15) is 0 Å². The zero-order valence-electron chi connectivity index (χ0n) is 21.2. The first-order valence-corrected chi connectivity index (χ1v) is 12.5. The molecule has 2 heterocycles. The number of benzene rings is 2. The Hall–Kier alpha value is -4.38. The number of thiazole rings is 1. The molecule has 0 aliphatic carbocycles. The van der Waals surface area contributed by atoms with Crippen LogP contribution in [-0.4, -0.2) is 49.0 Å². The van der Waals surface area contributed by atoms with E-state index in [0.29, 0.717) is 37.7 Å². The highest BCUT2D eigenvalue weighted by Crippen LogP contribution is 2.35. The minimum atomic E-state index is -1.11. The number of fused-ring (bicyclic) bond motifs is 1. The van der Waals surface area contributed by atoms with E-state index in [1.54, 1.807) is 50.3 Å². The molecule has 11 heteroatoms. The molecule has 0 amide bonds. The van der Waals surface area contributed by atoms with Crippen molar-refractivity contribution in [3.8, 4) is 17.2 Å². The lowest BCUT2D eigenvalue weighted by Gasteiger charge is -2.25. The summed E-state index contributed by atoms with van der Waals surface area (Å²) in [6, 6.07) is 11.3. The quantitative estimate of drug-likeness (QED) is 0.412. The zero-order valence-corrected chi connectivity index (χ0v) is 22.0. The maximum absolute atomic E-state index is 13.8. The number of rotatable bonds is 9. The number of allylic oxidation sites excluding steroid dienone is 1. The van der Waals surface area contributed by atoms with Gasteiger partial charge < -0.3 is 24.1 Å². The number of esters is 1. The second-order valence-electron chi connectivity index (χ2n) is 8.14. The van der Waals surface area contributed by atoms with Crippen LogP contribution in [0.4, 0.5) is 0 Å². The molecule has 0 radical (unpaired) electrons. The first kappa shape index (κ1) is 26.7. The van der Waals surface area contributed by atoms with E-state index in [-0.39, 0.29) is 23.5 Å². The van der Waals surface area contributed by atoms with Crippen molar-refractivity contribution in [1.82, 2.24) is 4.57 Å². The summed E-state index contributed by atoms with van der Waals surface area (Å²) in [5.41, 5.74) is 1.63. The summed E-state index contributed by atoms with van der Waals surface area (Å²) in [5.74, 6) is -0.565. The van der Waals surface area contributed by atoms with Gasteiger partial charge in [-0.15, -0.1) is 0 Å². The van der Waals surface area contributed by atoms with Gasteiger partial charge in [0.2, 0.25) is 0 Å². The van der Waals surface area contributed by atoms with Crippen molar-refractivity contribution < 1.29 is 33.6 Å². The molecule has 0 unspecified atom stereocenters. The fourth-order valence-electron chi connectivity index (χ4n) is 4.16. The molecule has 0 spiro atoms. The third-order valence-electron chi connectivity index (χ3n) is 5.79. The number of carbonyl (C=O) groups is 2. The van der Waals surface area contributed by atoms with E-state index in [9.17, 15) is 14.4 Å². The number of para-hydroxylation sites is 1. The number of methoxy groups -OCH3 is 2. The van der Waals surface area contributed by atoms with Crippen LogP contribution in [-0.2, 0) is 14.3 Å². The van der Waals surface area contributed by atoms with E-state index in [0.717, 1.165) is 0 Å². The molecule has 1 aliphatic rings. The molecule has 1 aliphatic heterocycles.